The van der Waals surface area contributed by atoms with E-state index < -0.39 is 9.84 Å². The fourth-order valence-electron chi connectivity index (χ4n) is 2.72. The van der Waals surface area contributed by atoms with Crippen LogP contribution in [0.3, 0.4) is 0 Å². The van der Waals surface area contributed by atoms with Crippen molar-refractivity contribution in [1.29, 1.82) is 0 Å². The van der Waals surface area contributed by atoms with Gasteiger partial charge in [0.25, 0.3) is 0 Å². The van der Waals surface area contributed by atoms with Crippen molar-refractivity contribution in [3.63, 3.8) is 0 Å². The number of likely N-dealkylation sites (N-methyl/N-ethyl adjacent to an activating group) is 1. The second-order valence-corrected chi connectivity index (χ2v) is 8.04. The first kappa shape index (κ1) is 15.8. The molecule has 1 saturated heterocycles. The molecule has 1 N–H and O–H groups in total. The molecule has 0 unspecified atom stereocenters. The van der Waals surface area contributed by atoms with E-state index in [0.29, 0.717) is 6.42 Å². The van der Waals surface area contributed by atoms with Crippen molar-refractivity contribution in [2.45, 2.75) is 26.3 Å². The van der Waals surface area contributed by atoms with E-state index in [2.05, 4.69) is 11.4 Å². The molecule has 5 nitrogen and oxygen atoms in total. The number of carbonyl (C=O) groups excluding carboxylic acids is 1. The third-order valence-electron chi connectivity index (χ3n) is 3.74. The Labute approximate surface area is 126 Å². The summed E-state index contributed by atoms with van der Waals surface area (Å²) >= 11 is 0. The topological polar surface area (TPSA) is 66.5 Å². The number of hydrogen-bond donors (Lipinski definition) is 1. The molecule has 1 atom stereocenters. The van der Waals surface area contributed by atoms with E-state index in [9.17, 15) is 13.2 Å². The van der Waals surface area contributed by atoms with Gasteiger partial charge in [0.15, 0.2) is 9.84 Å². The van der Waals surface area contributed by atoms with Crippen LogP contribution in [0.1, 0.15) is 17.5 Å². The SMILES string of the molecule is Cc1ccc(N(C)CC(=O)N[C@@H]2CCS(=O)(=O)C2)c(C)c1. The van der Waals surface area contributed by atoms with Crippen molar-refractivity contribution in [3.8, 4) is 0 Å². The largest absolute Gasteiger partial charge is 0.365 e. The highest BCUT2D eigenvalue weighted by Crippen LogP contribution is 2.19. The van der Waals surface area contributed by atoms with E-state index in [-0.39, 0.29) is 30.0 Å². The van der Waals surface area contributed by atoms with Crippen LogP contribution in [0, 0.1) is 13.8 Å². The summed E-state index contributed by atoms with van der Waals surface area (Å²) < 4.78 is 22.8. The van der Waals surface area contributed by atoms with Crippen LogP contribution in [0.15, 0.2) is 18.2 Å². The minimum absolute atomic E-state index is 0.0615. The van der Waals surface area contributed by atoms with Gasteiger partial charge in [-0.2, -0.15) is 0 Å². The lowest BCUT2D eigenvalue weighted by atomic mass is 10.1. The molecule has 1 aromatic carbocycles. The Morgan fingerprint density at radius 3 is 2.67 bits per heavy atom. The van der Waals surface area contributed by atoms with Gasteiger partial charge in [0.1, 0.15) is 0 Å². The van der Waals surface area contributed by atoms with Crippen molar-refractivity contribution in [2.24, 2.45) is 0 Å². The predicted octanol–water partition coefficient (Wildman–Crippen LogP) is 1.04. The molecule has 6 heteroatoms. The number of carbonyl (C=O) groups is 1. The summed E-state index contributed by atoms with van der Waals surface area (Å²) in [4.78, 5) is 13.9. The lowest BCUT2D eigenvalue weighted by molar-refractivity contribution is -0.120. The van der Waals surface area contributed by atoms with Crippen molar-refractivity contribution >= 4 is 21.4 Å². The molecule has 0 aliphatic carbocycles. The summed E-state index contributed by atoms with van der Waals surface area (Å²) in [6, 6.07) is 5.85. The molecule has 116 valence electrons. The Hall–Kier alpha value is -1.56. The standard InChI is InChI=1S/C15H22N2O3S/c1-11-4-5-14(12(2)8-11)17(3)9-15(18)16-13-6-7-21(19,20)10-13/h4-5,8,13H,6-7,9-10H2,1-3H3,(H,16,18)/t13-/m1/s1. The van der Waals surface area contributed by atoms with Crippen LogP contribution in [-0.4, -0.2) is 45.5 Å². The van der Waals surface area contributed by atoms with E-state index in [0.717, 1.165) is 11.3 Å². The number of hydrogen-bond acceptors (Lipinski definition) is 4. The van der Waals surface area contributed by atoms with Crippen molar-refractivity contribution in [3.05, 3.63) is 29.3 Å². The number of nitrogens with one attached hydrogen (secondary N) is 1. The smallest absolute Gasteiger partial charge is 0.239 e. The highest BCUT2D eigenvalue weighted by atomic mass is 32.2. The minimum Gasteiger partial charge on any atom is -0.365 e. The van der Waals surface area contributed by atoms with Crippen LogP contribution in [0.5, 0.6) is 0 Å². The van der Waals surface area contributed by atoms with Crippen molar-refractivity contribution in [1.82, 2.24) is 5.32 Å². The van der Waals surface area contributed by atoms with E-state index >= 15 is 0 Å². The summed E-state index contributed by atoms with van der Waals surface area (Å²) in [6.07, 6.45) is 0.515. The molecular weight excluding hydrogens is 288 g/mol. The van der Waals surface area contributed by atoms with Gasteiger partial charge in [0.2, 0.25) is 5.91 Å². The molecule has 1 aliphatic rings. The second kappa shape index (κ2) is 6.05. The van der Waals surface area contributed by atoms with Crippen LogP contribution in [0.2, 0.25) is 0 Å². The van der Waals surface area contributed by atoms with E-state index in [1.807, 2.05) is 37.9 Å². The van der Waals surface area contributed by atoms with Crippen LogP contribution in [0.25, 0.3) is 0 Å². The molecular formula is C15H22N2O3S. The highest BCUT2D eigenvalue weighted by molar-refractivity contribution is 7.91. The third-order valence-corrected chi connectivity index (χ3v) is 5.51. The summed E-state index contributed by atoms with van der Waals surface area (Å²) in [6.45, 7) is 4.27. The Morgan fingerprint density at radius 1 is 1.38 bits per heavy atom. The summed E-state index contributed by atoms with van der Waals surface area (Å²) in [5, 5.41) is 2.81. The monoisotopic (exact) mass is 310 g/mol. The van der Waals surface area contributed by atoms with Gasteiger partial charge in [-0.3, -0.25) is 4.79 Å². The lowest BCUT2D eigenvalue weighted by Crippen LogP contribution is -2.41. The van der Waals surface area contributed by atoms with E-state index in [4.69, 9.17) is 0 Å². The van der Waals surface area contributed by atoms with E-state index in [1.165, 1.54) is 5.56 Å². The van der Waals surface area contributed by atoms with Gasteiger partial charge in [-0.1, -0.05) is 17.7 Å². The van der Waals surface area contributed by atoms with Crippen LogP contribution < -0.4 is 10.2 Å². The van der Waals surface area contributed by atoms with Crippen molar-refractivity contribution in [2.75, 3.05) is 30.0 Å². The average Bonchev–Trinajstić information content (AvgIpc) is 2.67. The normalized spacial score (nSPS) is 20.2. The highest BCUT2D eigenvalue weighted by Gasteiger charge is 2.29. The third kappa shape index (κ3) is 4.20. The maximum Gasteiger partial charge on any atom is 0.239 e. The number of rotatable bonds is 4. The van der Waals surface area contributed by atoms with E-state index in [1.54, 1.807) is 0 Å². The lowest BCUT2D eigenvalue weighted by Gasteiger charge is -2.22. The molecule has 1 fully saturated rings. The van der Waals surface area contributed by atoms with Crippen LogP contribution in [0.4, 0.5) is 5.69 Å². The number of amides is 1. The zero-order chi connectivity index (χ0) is 15.6. The van der Waals surface area contributed by atoms with Gasteiger partial charge < -0.3 is 10.2 Å². The van der Waals surface area contributed by atoms with Crippen LogP contribution >= 0.6 is 0 Å². The minimum atomic E-state index is -2.96. The first-order valence-electron chi connectivity index (χ1n) is 7.05. The zero-order valence-electron chi connectivity index (χ0n) is 12.7. The van der Waals surface area contributed by atoms with Gasteiger partial charge >= 0.3 is 0 Å². The van der Waals surface area contributed by atoms with Gasteiger partial charge in [-0.15, -0.1) is 0 Å². The molecule has 0 saturated carbocycles. The molecule has 0 aromatic heterocycles. The van der Waals surface area contributed by atoms with Gasteiger partial charge in [-0.05, 0) is 31.9 Å². The van der Waals surface area contributed by atoms with Gasteiger partial charge in [0, 0.05) is 18.8 Å². The Kier molecular flexibility index (Phi) is 4.56. The Bertz CT molecular complexity index is 640. The molecule has 0 bridgehead atoms. The summed E-state index contributed by atoms with van der Waals surface area (Å²) in [5.74, 6) is 0.0937. The maximum atomic E-state index is 12.0. The molecule has 2 rings (SSSR count). The maximum absolute atomic E-state index is 12.0. The Balaban J connectivity index is 1.93. The number of sulfone groups is 1. The zero-order valence-corrected chi connectivity index (χ0v) is 13.5. The summed E-state index contributed by atoms with van der Waals surface area (Å²) in [5.41, 5.74) is 3.31. The molecule has 21 heavy (non-hydrogen) atoms. The molecule has 0 spiro atoms. The number of nitrogens with zero attached hydrogens (tertiary/aromatic N) is 1. The second-order valence-electron chi connectivity index (χ2n) is 5.81. The first-order valence-corrected chi connectivity index (χ1v) is 8.87. The number of benzene rings is 1. The average molecular weight is 310 g/mol. The number of aryl methyl sites for hydroxylation is 2. The van der Waals surface area contributed by atoms with Gasteiger partial charge in [0.05, 0.1) is 18.1 Å². The Morgan fingerprint density at radius 2 is 2.10 bits per heavy atom. The van der Waals surface area contributed by atoms with Crippen molar-refractivity contribution < 1.29 is 13.2 Å². The quantitative estimate of drug-likeness (QED) is 0.902. The summed E-state index contributed by atoms with van der Waals surface area (Å²) in [7, 11) is -1.10. The predicted molar refractivity (Wildman–Crippen MR) is 84.4 cm³/mol. The fourth-order valence-corrected chi connectivity index (χ4v) is 4.39. The van der Waals surface area contributed by atoms with Crippen LogP contribution in [-0.2, 0) is 14.6 Å². The molecule has 0 radical (unpaired) electrons. The first-order chi connectivity index (χ1) is 9.77. The fraction of sp³-hybridized carbons (Fsp3) is 0.533. The molecule has 1 aliphatic heterocycles. The van der Waals surface area contributed by atoms with Gasteiger partial charge in [-0.25, -0.2) is 8.42 Å². The molecule has 1 aromatic rings. The molecule has 1 heterocycles. The number of anilines is 1. The molecule has 1 amide bonds.